The van der Waals surface area contributed by atoms with E-state index in [0.717, 1.165) is 9.75 Å². The zero-order chi connectivity index (χ0) is 25.3. The third kappa shape index (κ3) is 5.59. The maximum Gasteiger partial charge on any atom is 0.271 e. The topological polar surface area (TPSA) is 101 Å². The molecule has 1 unspecified atom stereocenters. The Morgan fingerprint density at radius 2 is 2.03 bits per heavy atom. The fourth-order valence-corrected chi connectivity index (χ4v) is 5.94. The SMILES string of the molecule is C[C@H](O)CNC(=O)c1cc(-c2ccc(C3C=C(S(C)(=O)=O)C=C[C@@H]3C)s2)n(-c2ccccc2Cl)n1. The summed E-state index contributed by atoms with van der Waals surface area (Å²) in [5.74, 6) is -0.363. The van der Waals surface area contributed by atoms with Gasteiger partial charge in [-0.05, 0) is 49.2 Å². The Balaban J connectivity index is 1.76. The van der Waals surface area contributed by atoms with Crippen LogP contribution in [0.3, 0.4) is 0 Å². The number of carbonyl (C=O) groups excluding carboxylic acids is 1. The first kappa shape index (κ1) is 25.4. The second-order valence-electron chi connectivity index (χ2n) is 8.62. The van der Waals surface area contributed by atoms with E-state index in [9.17, 15) is 18.3 Å². The molecule has 1 aliphatic rings. The smallest absolute Gasteiger partial charge is 0.271 e. The second kappa shape index (κ2) is 10.1. The van der Waals surface area contributed by atoms with Crippen LogP contribution in [0.5, 0.6) is 0 Å². The summed E-state index contributed by atoms with van der Waals surface area (Å²) in [5.41, 5.74) is 1.51. The Kier molecular flexibility index (Phi) is 7.32. The predicted octanol–water partition coefficient (Wildman–Crippen LogP) is 4.58. The summed E-state index contributed by atoms with van der Waals surface area (Å²) in [6.07, 6.45) is 5.91. The fraction of sp³-hybridized carbons (Fsp3) is 0.280. The molecule has 0 saturated heterocycles. The van der Waals surface area contributed by atoms with E-state index in [-0.39, 0.29) is 24.1 Å². The highest BCUT2D eigenvalue weighted by Gasteiger charge is 2.25. The van der Waals surface area contributed by atoms with Crippen LogP contribution in [-0.4, -0.2) is 48.1 Å². The number of hydrogen-bond donors (Lipinski definition) is 2. The van der Waals surface area contributed by atoms with Crippen molar-refractivity contribution in [1.29, 1.82) is 0 Å². The molecule has 1 aromatic carbocycles. The van der Waals surface area contributed by atoms with E-state index in [1.807, 2.05) is 36.4 Å². The van der Waals surface area contributed by atoms with Gasteiger partial charge in [0.25, 0.3) is 5.91 Å². The minimum Gasteiger partial charge on any atom is -0.392 e. The standard InChI is InChI=1S/C25H26ClN3O4S2/c1-15-8-9-17(35(3,32)33)12-18(15)23-10-11-24(34-23)22-13-20(25(31)27-14-16(2)30)28-29(22)21-7-5-4-6-19(21)26/h4-13,15-16,18,30H,14H2,1-3H3,(H,27,31)/t15-,16-,18?/m0/s1. The molecule has 3 atom stereocenters. The third-order valence-corrected chi connectivity index (χ3v) is 8.35. The van der Waals surface area contributed by atoms with Crippen LogP contribution < -0.4 is 5.32 Å². The quantitative estimate of drug-likeness (QED) is 0.464. The van der Waals surface area contributed by atoms with Gasteiger partial charge in [-0.15, -0.1) is 11.3 Å². The lowest BCUT2D eigenvalue weighted by molar-refractivity contribution is 0.0918. The Labute approximate surface area is 213 Å². The van der Waals surface area contributed by atoms with Gasteiger partial charge in [-0.2, -0.15) is 5.10 Å². The summed E-state index contributed by atoms with van der Waals surface area (Å²) in [7, 11) is -3.31. The van der Waals surface area contributed by atoms with Gasteiger partial charge in [0.2, 0.25) is 0 Å². The molecule has 184 valence electrons. The molecule has 0 aliphatic heterocycles. The molecule has 0 radical (unpaired) electrons. The maximum atomic E-state index is 12.7. The summed E-state index contributed by atoms with van der Waals surface area (Å²) in [5, 5.41) is 17.2. The number of sulfone groups is 1. The third-order valence-electron chi connectivity index (χ3n) is 5.69. The van der Waals surface area contributed by atoms with Gasteiger partial charge in [-0.3, -0.25) is 4.79 Å². The molecule has 0 saturated carbocycles. The van der Waals surface area contributed by atoms with Crippen LogP contribution >= 0.6 is 22.9 Å². The van der Waals surface area contributed by atoms with E-state index in [0.29, 0.717) is 21.3 Å². The van der Waals surface area contributed by atoms with Crippen molar-refractivity contribution < 1.29 is 18.3 Å². The number of benzene rings is 1. The summed E-state index contributed by atoms with van der Waals surface area (Å²) in [6.45, 7) is 3.75. The van der Waals surface area contributed by atoms with Crippen LogP contribution in [0, 0.1) is 5.92 Å². The summed E-state index contributed by atoms with van der Waals surface area (Å²) in [6, 6.07) is 12.8. The van der Waals surface area contributed by atoms with Gasteiger partial charge < -0.3 is 10.4 Å². The number of nitrogens with one attached hydrogen (secondary N) is 1. The maximum absolute atomic E-state index is 12.7. The number of rotatable bonds is 7. The molecular weight excluding hydrogens is 506 g/mol. The number of para-hydroxylation sites is 1. The number of thiophene rings is 1. The van der Waals surface area contributed by atoms with Crippen LogP contribution in [0.2, 0.25) is 5.02 Å². The number of hydrogen-bond acceptors (Lipinski definition) is 6. The van der Waals surface area contributed by atoms with Gasteiger partial charge in [-0.25, -0.2) is 13.1 Å². The zero-order valence-corrected chi connectivity index (χ0v) is 21.9. The Bertz CT molecular complexity index is 1420. The first-order valence-electron chi connectivity index (χ1n) is 11.1. The number of aromatic nitrogens is 2. The fourth-order valence-electron chi connectivity index (χ4n) is 3.81. The van der Waals surface area contributed by atoms with Gasteiger partial charge in [-0.1, -0.05) is 42.8 Å². The zero-order valence-electron chi connectivity index (χ0n) is 19.5. The molecule has 0 fully saturated rings. The Hall–Kier alpha value is -2.72. The van der Waals surface area contributed by atoms with Crippen molar-refractivity contribution in [1.82, 2.24) is 15.1 Å². The van der Waals surface area contributed by atoms with E-state index in [2.05, 4.69) is 17.3 Å². The summed E-state index contributed by atoms with van der Waals surface area (Å²) in [4.78, 5) is 14.9. The average Bonchev–Trinajstić information content (AvgIpc) is 3.45. The molecule has 2 N–H and O–H groups in total. The van der Waals surface area contributed by atoms with Gasteiger partial charge in [0.05, 0.1) is 32.3 Å². The summed E-state index contributed by atoms with van der Waals surface area (Å²) >= 11 is 7.97. The van der Waals surface area contributed by atoms with Crippen LogP contribution in [0.1, 0.15) is 35.1 Å². The van der Waals surface area contributed by atoms with Crippen molar-refractivity contribution in [3.8, 4) is 16.3 Å². The molecule has 0 spiro atoms. The van der Waals surface area contributed by atoms with E-state index in [1.165, 1.54) is 17.6 Å². The molecule has 1 aliphatic carbocycles. The molecule has 0 bridgehead atoms. The van der Waals surface area contributed by atoms with Crippen molar-refractivity contribution in [3.05, 3.63) is 81.2 Å². The number of halogens is 1. The van der Waals surface area contributed by atoms with E-state index < -0.39 is 21.8 Å². The predicted molar refractivity (Wildman–Crippen MR) is 140 cm³/mol. The van der Waals surface area contributed by atoms with Gasteiger partial charge in [0.1, 0.15) is 0 Å². The van der Waals surface area contributed by atoms with Crippen molar-refractivity contribution in [2.75, 3.05) is 12.8 Å². The largest absolute Gasteiger partial charge is 0.392 e. The van der Waals surface area contributed by atoms with Crippen LogP contribution in [-0.2, 0) is 9.84 Å². The Morgan fingerprint density at radius 1 is 1.29 bits per heavy atom. The molecule has 10 heteroatoms. The van der Waals surface area contributed by atoms with Crippen LogP contribution in [0.4, 0.5) is 0 Å². The number of aliphatic hydroxyl groups excluding tert-OH is 1. The number of allylic oxidation sites excluding steroid dienone is 3. The van der Waals surface area contributed by atoms with Crippen molar-refractivity contribution in [2.24, 2.45) is 5.92 Å². The molecule has 2 aromatic heterocycles. The van der Waals surface area contributed by atoms with Gasteiger partial charge in [0.15, 0.2) is 15.5 Å². The molecule has 1 amide bonds. The van der Waals surface area contributed by atoms with Crippen LogP contribution in [0.15, 0.2) is 65.6 Å². The van der Waals surface area contributed by atoms with Gasteiger partial charge in [0, 0.05) is 23.6 Å². The second-order valence-corrected chi connectivity index (χ2v) is 12.2. The number of aliphatic hydroxyl groups is 1. The minimum atomic E-state index is -3.31. The van der Waals surface area contributed by atoms with E-state index >= 15 is 0 Å². The van der Waals surface area contributed by atoms with Crippen molar-refractivity contribution in [3.63, 3.8) is 0 Å². The first-order valence-corrected chi connectivity index (χ1v) is 14.1. The van der Waals surface area contributed by atoms with E-state index in [4.69, 9.17) is 11.6 Å². The Morgan fingerprint density at radius 3 is 2.71 bits per heavy atom. The number of nitrogens with zero attached hydrogens (tertiary/aromatic N) is 2. The highest BCUT2D eigenvalue weighted by atomic mass is 35.5. The minimum absolute atomic E-state index is 0.0889. The highest BCUT2D eigenvalue weighted by molar-refractivity contribution is 7.94. The van der Waals surface area contributed by atoms with Crippen molar-refractivity contribution in [2.45, 2.75) is 25.9 Å². The first-order chi connectivity index (χ1) is 16.5. The average molecular weight is 532 g/mol. The lowest BCUT2D eigenvalue weighted by Crippen LogP contribution is -2.30. The molecule has 7 nitrogen and oxygen atoms in total. The van der Waals surface area contributed by atoms with Gasteiger partial charge >= 0.3 is 0 Å². The molecule has 4 rings (SSSR count). The monoisotopic (exact) mass is 531 g/mol. The summed E-state index contributed by atoms with van der Waals surface area (Å²) < 4.78 is 25.8. The van der Waals surface area contributed by atoms with E-state index in [1.54, 1.807) is 35.9 Å². The molecular formula is C25H26ClN3O4S2. The molecule has 35 heavy (non-hydrogen) atoms. The lowest BCUT2D eigenvalue weighted by atomic mass is 9.89. The lowest BCUT2D eigenvalue weighted by Gasteiger charge is -2.21. The normalized spacial score (nSPS) is 18.8. The molecule has 3 aromatic rings. The molecule has 2 heterocycles. The highest BCUT2D eigenvalue weighted by Crippen LogP contribution is 2.40. The van der Waals surface area contributed by atoms with Crippen LogP contribution in [0.25, 0.3) is 16.3 Å². The number of amides is 1. The van der Waals surface area contributed by atoms with Crippen molar-refractivity contribution >= 4 is 38.7 Å². The number of carbonyl (C=O) groups is 1.